The summed E-state index contributed by atoms with van der Waals surface area (Å²) in [5.41, 5.74) is 22.9. The standard InChI is InChI=1S/C74H52N2Si2/c1-77(2)67-31-13-9-27-63(67)75(64-28-10-14-32-68(64)77)45-35-37-59-61(43-45)73(57-41-39-55-49-21-7-5-19-47(49)51-23-17-25-53(57)71(51)55)60-38-36-46(76-65-29-11-15-33-69(65)78(3,4)70-34-16-12-30-66(70)76)44-62(60)74(59)58-42-40-56-50-22-8-6-20-48(50)52-24-18-26-54(58)72(52)56/h5-44H,1-4H3. The van der Waals surface area contributed by atoms with Crippen LogP contribution in [0.25, 0.3) is 110 Å². The first-order valence-electron chi connectivity index (χ1n) is 27.6. The number of hydrogen-bond acceptors (Lipinski definition) is 2. The van der Waals surface area contributed by atoms with Gasteiger partial charge in [0, 0.05) is 34.1 Å². The summed E-state index contributed by atoms with van der Waals surface area (Å²) >= 11 is 0. The Morgan fingerprint density at radius 2 is 0.526 bits per heavy atom. The highest BCUT2D eigenvalue weighted by atomic mass is 28.3. The van der Waals surface area contributed by atoms with Gasteiger partial charge in [-0.1, -0.05) is 220 Å². The molecule has 0 unspecified atom stereocenters. The second-order valence-electron chi connectivity index (χ2n) is 23.1. The first-order chi connectivity index (χ1) is 38.3. The van der Waals surface area contributed by atoms with Crippen LogP contribution < -0.4 is 30.5 Å². The van der Waals surface area contributed by atoms with Gasteiger partial charge in [0.25, 0.3) is 0 Å². The minimum absolute atomic E-state index is 1.16. The van der Waals surface area contributed by atoms with Crippen LogP contribution in [0.2, 0.25) is 26.2 Å². The van der Waals surface area contributed by atoms with Crippen molar-refractivity contribution in [1.29, 1.82) is 0 Å². The van der Waals surface area contributed by atoms with Gasteiger partial charge >= 0.3 is 0 Å². The Morgan fingerprint density at radius 3 is 0.885 bits per heavy atom. The molecule has 0 spiro atoms. The SMILES string of the molecule is C[Si]1(C)c2ccccc2N(c2ccc3c(-c4ccc5c6c(cccc46)-c4ccccc4-5)c4cc(N5c6ccccc6[Si](C)(C)c6ccccc65)ccc4c(-c4ccc5c6c(cccc46)-c4ccccc4-5)c3c2)c2ccccc21. The van der Waals surface area contributed by atoms with Crippen LogP contribution in [0.3, 0.4) is 0 Å². The Kier molecular flexibility index (Phi) is 8.91. The van der Waals surface area contributed by atoms with Crippen molar-refractivity contribution < 1.29 is 0 Å². The molecule has 0 bridgehead atoms. The van der Waals surface area contributed by atoms with Crippen molar-refractivity contribution in [3.8, 4) is 66.8 Å². The van der Waals surface area contributed by atoms with E-state index in [0.29, 0.717) is 0 Å². The number of nitrogens with zero attached hydrogens (tertiary/aromatic N) is 2. The van der Waals surface area contributed by atoms with E-state index >= 15 is 0 Å². The molecule has 2 aliphatic heterocycles. The lowest BCUT2D eigenvalue weighted by Crippen LogP contribution is -2.58. The first-order valence-corrected chi connectivity index (χ1v) is 33.6. The number of rotatable bonds is 4. The van der Waals surface area contributed by atoms with Crippen molar-refractivity contribution >= 4 is 114 Å². The Balaban J connectivity index is 1.03. The zero-order chi connectivity index (χ0) is 51.8. The Hall–Kier alpha value is -9.07. The summed E-state index contributed by atoms with van der Waals surface area (Å²) in [6.45, 7) is 10.1. The lowest BCUT2D eigenvalue weighted by Gasteiger charge is -2.41. The average molecular weight is 1030 g/mol. The molecule has 2 aliphatic carbocycles. The van der Waals surface area contributed by atoms with Crippen molar-refractivity contribution in [3.63, 3.8) is 0 Å². The second-order valence-corrected chi connectivity index (χ2v) is 31.7. The van der Waals surface area contributed by atoms with Gasteiger partial charge in [-0.3, -0.25) is 0 Å². The monoisotopic (exact) mass is 1020 g/mol. The van der Waals surface area contributed by atoms with Gasteiger partial charge in [0.15, 0.2) is 0 Å². The fourth-order valence-electron chi connectivity index (χ4n) is 15.0. The van der Waals surface area contributed by atoms with E-state index < -0.39 is 16.1 Å². The van der Waals surface area contributed by atoms with Gasteiger partial charge in [0.1, 0.15) is 16.1 Å². The van der Waals surface area contributed by atoms with E-state index in [2.05, 4.69) is 279 Å². The molecule has 2 nitrogen and oxygen atoms in total. The molecule has 4 heteroatoms. The summed E-state index contributed by atoms with van der Waals surface area (Å²) in [7, 11) is -4.09. The predicted molar refractivity (Wildman–Crippen MR) is 339 cm³/mol. The second kappa shape index (κ2) is 15.8. The van der Waals surface area contributed by atoms with Gasteiger partial charge in [-0.2, -0.15) is 0 Å². The van der Waals surface area contributed by atoms with Gasteiger partial charge in [0.05, 0.1) is 0 Å². The van der Waals surface area contributed by atoms with Crippen molar-refractivity contribution in [1.82, 2.24) is 0 Å². The number of anilines is 6. The van der Waals surface area contributed by atoms with Crippen LogP contribution in [0.1, 0.15) is 0 Å². The van der Waals surface area contributed by atoms with Crippen LogP contribution in [-0.4, -0.2) is 16.1 Å². The lowest BCUT2D eigenvalue weighted by molar-refractivity contribution is 1.29. The Bertz CT molecular complexity index is 4370. The first kappa shape index (κ1) is 44.1. The van der Waals surface area contributed by atoms with E-state index in [4.69, 9.17) is 0 Å². The zero-order valence-electron chi connectivity index (χ0n) is 44.0. The molecular weight excluding hydrogens is 973 g/mol. The molecule has 4 aliphatic rings. The Morgan fingerprint density at radius 1 is 0.231 bits per heavy atom. The number of hydrogen-bond donors (Lipinski definition) is 0. The molecule has 366 valence electrons. The molecule has 78 heavy (non-hydrogen) atoms. The molecule has 0 radical (unpaired) electrons. The van der Waals surface area contributed by atoms with Gasteiger partial charge in [-0.05, 0) is 179 Å². The van der Waals surface area contributed by atoms with E-state index in [0.717, 1.165) is 11.4 Å². The molecule has 0 aromatic heterocycles. The molecule has 13 aromatic rings. The topological polar surface area (TPSA) is 6.48 Å². The summed E-state index contributed by atoms with van der Waals surface area (Å²) < 4.78 is 0. The highest BCUT2D eigenvalue weighted by molar-refractivity contribution is 7.03. The molecule has 0 atom stereocenters. The van der Waals surface area contributed by atoms with E-state index in [1.54, 1.807) is 0 Å². The molecular formula is C74H52N2Si2. The minimum atomic E-state index is -2.04. The molecule has 2 heterocycles. The number of para-hydroxylation sites is 4. The highest BCUT2D eigenvalue weighted by Crippen LogP contribution is 2.56. The fraction of sp³-hybridized carbons (Fsp3) is 0.0541. The Labute approximate surface area is 456 Å². The summed E-state index contributed by atoms with van der Waals surface area (Å²) in [4.78, 5) is 5.13. The van der Waals surface area contributed by atoms with Crippen molar-refractivity contribution in [2.24, 2.45) is 0 Å². The molecule has 0 saturated heterocycles. The highest BCUT2D eigenvalue weighted by Gasteiger charge is 2.40. The van der Waals surface area contributed by atoms with Gasteiger partial charge in [0.2, 0.25) is 0 Å². The smallest absolute Gasteiger partial charge is 0.117 e. The van der Waals surface area contributed by atoms with Crippen LogP contribution in [0.5, 0.6) is 0 Å². The summed E-state index contributed by atoms with van der Waals surface area (Å²) in [5, 5.41) is 16.0. The molecule has 0 saturated carbocycles. The van der Waals surface area contributed by atoms with Crippen molar-refractivity contribution in [2.45, 2.75) is 26.2 Å². The quantitative estimate of drug-likeness (QED) is 0.128. The maximum atomic E-state index is 2.56. The zero-order valence-corrected chi connectivity index (χ0v) is 46.0. The van der Waals surface area contributed by atoms with Crippen molar-refractivity contribution in [3.05, 3.63) is 243 Å². The van der Waals surface area contributed by atoms with Crippen LogP contribution in [-0.2, 0) is 0 Å². The normalized spacial score (nSPS) is 14.6. The minimum Gasteiger partial charge on any atom is -0.311 e. The number of benzene rings is 13. The fourth-order valence-corrected chi connectivity index (χ4v) is 21.0. The van der Waals surface area contributed by atoms with E-state index in [9.17, 15) is 0 Å². The van der Waals surface area contributed by atoms with Crippen LogP contribution in [0.15, 0.2) is 243 Å². The number of fused-ring (bicyclic) bond motifs is 12. The molecule has 13 aromatic carbocycles. The molecule has 0 amide bonds. The van der Waals surface area contributed by atoms with E-state index in [1.807, 2.05) is 0 Å². The van der Waals surface area contributed by atoms with Crippen LogP contribution in [0, 0.1) is 0 Å². The summed E-state index contributed by atoms with van der Waals surface area (Å²) in [6.07, 6.45) is 0. The largest absolute Gasteiger partial charge is 0.311 e. The van der Waals surface area contributed by atoms with Crippen LogP contribution >= 0.6 is 0 Å². The predicted octanol–water partition coefficient (Wildman–Crippen LogP) is 18.1. The molecule has 0 fully saturated rings. The third kappa shape index (κ3) is 5.75. The van der Waals surface area contributed by atoms with E-state index in [-0.39, 0.29) is 0 Å². The average Bonchev–Trinajstić information content (AvgIpc) is 3.85. The maximum Gasteiger partial charge on any atom is 0.117 e. The van der Waals surface area contributed by atoms with Gasteiger partial charge < -0.3 is 9.80 Å². The van der Waals surface area contributed by atoms with Gasteiger partial charge in [-0.15, -0.1) is 0 Å². The third-order valence-corrected chi connectivity index (χ3v) is 25.6. The lowest BCUT2D eigenvalue weighted by atomic mass is 9.82. The maximum absolute atomic E-state index is 2.56. The summed E-state index contributed by atoms with van der Waals surface area (Å²) in [6, 6.07) is 93.3. The van der Waals surface area contributed by atoms with Crippen molar-refractivity contribution in [2.75, 3.05) is 9.80 Å². The van der Waals surface area contributed by atoms with Crippen LogP contribution in [0.4, 0.5) is 34.1 Å². The molecule has 17 rings (SSSR count). The third-order valence-electron chi connectivity index (χ3n) is 18.5. The van der Waals surface area contributed by atoms with Gasteiger partial charge in [-0.25, -0.2) is 0 Å². The van der Waals surface area contributed by atoms with E-state index in [1.165, 1.54) is 153 Å². The summed E-state index contributed by atoms with van der Waals surface area (Å²) in [5.74, 6) is 0. The molecule has 0 N–H and O–H groups in total.